The van der Waals surface area contributed by atoms with E-state index >= 15 is 0 Å². The highest BCUT2D eigenvalue weighted by Crippen LogP contribution is 2.42. The highest BCUT2D eigenvalue weighted by Gasteiger charge is 2.16. The minimum absolute atomic E-state index is 0.328. The predicted octanol–water partition coefficient (Wildman–Crippen LogP) is 3.76. The molecule has 11 heavy (non-hydrogen) atoms. The summed E-state index contributed by atoms with van der Waals surface area (Å²) in [6.45, 7) is 1.62. The molecule has 0 aromatic carbocycles. The summed E-state index contributed by atoms with van der Waals surface area (Å²) in [7, 11) is 0. The Morgan fingerprint density at radius 1 is 1.27 bits per heavy atom. The molecule has 0 aliphatic carbocycles. The van der Waals surface area contributed by atoms with Crippen molar-refractivity contribution in [1.29, 1.82) is 0 Å². The number of aliphatic hydroxyl groups excluding tert-OH is 1. The quantitative estimate of drug-likeness (QED) is 0.780. The van der Waals surface area contributed by atoms with Crippen molar-refractivity contribution < 1.29 is 5.11 Å². The molecule has 62 valence electrons. The van der Waals surface area contributed by atoms with Crippen LogP contribution in [0.1, 0.15) is 17.9 Å². The zero-order valence-corrected chi connectivity index (χ0v) is 8.65. The zero-order chi connectivity index (χ0) is 8.59. The molecule has 0 fully saturated rings. The average Bonchev–Trinajstić information content (AvgIpc) is 2.17. The number of thiophene rings is 1. The van der Waals surface area contributed by atoms with E-state index in [1.807, 2.05) is 0 Å². The Morgan fingerprint density at radius 3 is 2.00 bits per heavy atom. The van der Waals surface area contributed by atoms with E-state index in [1.54, 1.807) is 6.92 Å². The summed E-state index contributed by atoms with van der Waals surface area (Å²) in [5.41, 5.74) is 0. The Morgan fingerprint density at radius 2 is 1.82 bits per heavy atom. The first-order valence-corrected chi connectivity index (χ1v) is 4.80. The Hall–Kier alpha value is 0.530. The summed E-state index contributed by atoms with van der Waals surface area (Å²) < 4.78 is 0.424. The van der Waals surface area contributed by atoms with Gasteiger partial charge < -0.3 is 5.11 Å². The molecule has 1 rings (SSSR count). The van der Waals surface area contributed by atoms with E-state index in [-0.39, 0.29) is 0 Å². The molecule has 0 spiro atoms. The Balaban J connectivity index is 3.19. The molecular formula is C6H5Cl3OS. The molecule has 0 unspecified atom stereocenters. The van der Waals surface area contributed by atoms with Crippen LogP contribution in [-0.4, -0.2) is 5.11 Å². The van der Waals surface area contributed by atoms with Crippen molar-refractivity contribution in [3.63, 3.8) is 0 Å². The molecule has 0 saturated heterocycles. The lowest BCUT2D eigenvalue weighted by Gasteiger charge is -1.98. The minimum atomic E-state index is -0.613. The van der Waals surface area contributed by atoms with E-state index in [2.05, 4.69) is 0 Å². The van der Waals surface area contributed by atoms with Gasteiger partial charge in [-0.15, -0.1) is 11.3 Å². The third-order valence-electron chi connectivity index (χ3n) is 1.16. The van der Waals surface area contributed by atoms with Crippen LogP contribution in [0, 0.1) is 0 Å². The van der Waals surface area contributed by atoms with Gasteiger partial charge in [0.25, 0.3) is 0 Å². The van der Waals surface area contributed by atoms with Crippen LogP contribution in [0.15, 0.2) is 0 Å². The second kappa shape index (κ2) is 3.50. The molecular weight excluding hydrogens is 226 g/mol. The van der Waals surface area contributed by atoms with E-state index < -0.39 is 6.10 Å². The maximum absolute atomic E-state index is 9.15. The van der Waals surface area contributed by atoms with E-state index in [0.717, 1.165) is 0 Å². The second-order valence-electron chi connectivity index (χ2n) is 2.04. The van der Waals surface area contributed by atoms with E-state index in [4.69, 9.17) is 39.9 Å². The van der Waals surface area contributed by atoms with Gasteiger partial charge in [-0.25, -0.2) is 0 Å². The summed E-state index contributed by atoms with van der Waals surface area (Å²) in [5.74, 6) is 0. The zero-order valence-electron chi connectivity index (χ0n) is 5.57. The number of hydrogen-bond acceptors (Lipinski definition) is 2. The van der Waals surface area contributed by atoms with Crippen LogP contribution >= 0.6 is 46.1 Å². The molecule has 1 aromatic heterocycles. The summed E-state index contributed by atoms with van der Waals surface area (Å²) in [4.78, 5) is 0.613. The van der Waals surface area contributed by atoms with Crippen molar-refractivity contribution >= 4 is 46.1 Å². The Bertz CT molecular complexity index is 269. The third-order valence-corrected chi connectivity index (χ3v) is 3.92. The van der Waals surface area contributed by atoms with Crippen LogP contribution in [0.2, 0.25) is 14.4 Å². The number of rotatable bonds is 1. The average molecular weight is 232 g/mol. The lowest BCUT2D eigenvalue weighted by molar-refractivity contribution is 0.203. The van der Waals surface area contributed by atoms with Crippen molar-refractivity contribution in [3.8, 4) is 0 Å². The summed E-state index contributed by atoms with van der Waals surface area (Å²) in [5, 5.41) is 9.84. The van der Waals surface area contributed by atoms with Gasteiger partial charge in [0.15, 0.2) is 0 Å². The molecule has 1 nitrogen and oxygen atoms in total. The van der Waals surface area contributed by atoms with Gasteiger partial charge in [-0.3, -0.25) is 0 Å². The topological polar surface area (TPSA) is 20.2 Å². The van der Waals surface area contributed by atoms with Gasteiger partial charge in [0.05, 0.1) is 21.0 Å². The first kappa shape index (κ1) is 9.62. The lowest BCUT2D eigenvalue weighted by atomic mass is 10.3. The second-order valence-corrected chi connectivity index (χ2v) is 4.45. The molecule has 1 heterocycles. The van der Waals surface area contributed by atoms with Crippen molar-refractivity contribution in [2.45, 2.75) is 13.0 Å². The van der Waals surface area contributed by atoms with Crippen molar-refractivity contribution in [3.05, 3.63) is 19.3 Å². The maximum atomic E-state index is 9.15. The summed E-state index contributed by atoms with van der Waals surface area (Å²) in [6.07, 6.45) is -0.613. The molecule has 0 radical (unpaired) electrons. The Kier molecular flexibility index (Phi) is 3.06. The molecule has 1 aromatic rings. The van der Waals surface area contributed by atoms with Crippen LogP contribution in [0.4, 0.5) is 0 Å². The van der Waals surface area contributed by atoms with Gasteiger partial charge in [-0.1, -0.05) is 34.8 Å². The lowest BCUT2D eigenvalue weighted by Crippen LogP contribution is -1.85. The first-order valence-electron chi connectivity index (χ1n) is 2.85. The fraction of sp³-hybridized carbons (Fsp3) is 0.333. The van der Waals surface area contributed by atoms with Crippen LogP contribution in [0.3, 0.4) is 0 Å². The monoisotopic (exact) mass is 230 g/mol. The first-order chi connectivity index (χ1) is 5.04. The standard InChI is InChI=1S/C6H5Cl3OS/c1-2(10)5-3(7)4(8)6(9)11-5/h2,10H,1H3/t2-/m0/s1. The van der Waals surface area contributed by atoms with Crippen molar-refractivity contribution in [2.24, 2.45) is 0 Å². The largest absolute Gasteiger partial charge is 0.388 e. The number of halogens is 3. The van der Waals surface area contributed by atoms with Crippen molar-refractivity contribution in [1.82, 2.24) is 0 Å². The molecule has 0 aliphatic heterocycles. The molecule has 0 aliphatic rings. The fourth-order valence-corrected chi connectivity index (χ4v) is 2.49. The molecule has 1 atom stereocenters. The van der Waals surface area contributed by atoms with Gasteiger partial charge in [0.1, 0.15) is 4.34 Å². The molecule has 0 amide bonds. The number of aliphatic hydroxyl groups is 1. The van der Waals surface area contributed by atoms with Gasteiger partial charge in [-0.2, -0.15) is 0 Å². The highest BCUT2D eigenvalue weighted by atomic mass is 35.5. The van der Waals surface area contributed by atoms with Gasteiger partial charge in [0, 0.05) is 0 Å². The highest BCUT2D eigenvalue weighted by molar-refractivity contribution is 7.17. The van der Waals surface area contributed by atoms with Gasteiger partial charge in [-0.05, 0) is 6.92 Å². The molecule has 0 bridgehead atoms. The summed E-state index contributed by atoms with van der Waals surface area (Å²) >= 11 is 18.3. The van der Waals surface area contributed by atoms with E-state index in [9.17, 15) is 0 Å². The van der Waals surface area contributed by atoms with Crippen LogP contribution in [0.25, 0.3) is 0 Å². The van der Waals surface area contributed by atoms with Gasteiger partial charge in [0.2, 0.25) is 0 Å². The van der Waals surface area contributed by atoms with Gasteiger partial charge >= 0.3 is 0 Å². The van der Waals surface area contributed by atoms with Crippen LogP contribution < -0.4 is 0 Å². The third kappa shape index (κ3) is 1.82. The minimum Gasteiger partial charge on any atom is -0.388 e. The van der Waals surface area contributed by atoms with Crippen LogP contribution in [-0.2, 0) is 0 Å². The fourth-order valence-electron chi connectivity index (χ4n) is 0.649. The number of hydrogen-bond donors (Lipinski definition) is 1. The molecule has 5 heteroatoms. The Labute approximate surface area is 83.5 Å². The predicted molar refractivity (Wildman–Crippen MR) is 50.0 cm³/mol. The van der Waals surface area contributed by atoms with Crippen molar-refractivity contribution in [2.75, 3.05) is 0 Å². The summed E-state index contributed by atoms with van der Waals surface area (Å²) in [6, 6.07) is 0. The molecule has 1 N–H and O–H groups in total. The smallest absolute Gasteiger partial charge is 0.113 e. The SMILES string of the molecule is C[C@H](O)c1sc(Cl)c(Cl)c1Cl. The molecule has 0 saturated carbocycles. The van der Waals surface area contributed by atoms with E-state index in [0.29, 0.717) is 19.3 Å². The normalized spacial score (nSPS) is 13.5. The van der Waals surface area contributed by atoms with E-state index in [1.165, 1.54) is 11.3 Å². The maximum Gasteiger partial charge on any atom is 0.113 e. The van der Waals surface area contributed by atoms with Crippen LogP contribution in [0.5, 0.6) is 0 Å².